The standard InChI is InChI=1S/C14H17Cl2N3O2S/c15-11-2-1-10(7-12(11)16)8-22-9-13(20)18-3-5-19(6-4-18)14(17)21/h1-2,7H,3-6,8-9H2,(H2,17,21). The van der Waals surface area contributed by atoms with Crippen LogP contribution in [0, 0.1) is 0 Å². The van der Waals surface area contributed by atoms with Crippen LogP contribution in [0.1, 0.15) is 5.56 Å². The molecule has 1 saturated heterocycles. The summed E-state index contributed by atoms with van der Waals surface area (Å²) < 4.78 is 0. The van der Waals surface area contributed by atoms with E-state index in [1.807, 2.05) is 12.1 Å². The summed E-state index contributed by atoms with van der Waals surface area (Å²) in [6, 6.07) is 5.04. The van der Waals surface area contributed by atoms with E-state index in [1.165, 1.54) is 11.8 Å². The fourth-order valence-corrected chi connectivity index (χ4v) is 3.35. The van der Waals surface area contributed by atoms with Crippen molar-refractivity contribution in [2.45, 2.75) is 5.75 Å². The summed E-state index contributed by atoms with van der Waals surface area (Å²) in [5.41, 5.74) is 6.25. The van der Waals surface area contributed by atoms with Crippen molar-refractivity contribution in [1.29, 1.82) is 0 Å². The molecular weight excluding hydrogens is 345 g/mol. The lowest BCUT2D eigenvalue weighted by molar-refractivity contribution is -0.129. The van der Waals surface area contributed by atoms with Crippen LogP contribution < -0.4 is 5.73 Å². The Hall–Kier alpha value is -1.11. The maximum atomic E-state index is 12.1. The molecule has 0 aliphatic carbocycles. The SMILES string of the molecule is NC(=O)N1CCN(C(=O)CSCc2ccc(Cl)c(Cl)c2)CC1. The van der Waals surface area contributed by atoms with Gasteiger partial charge < -0.3 is 15.5 Å². The van der Waals surface area contributed by atoms with Crippen molar-refractivity contribution in [2.75, 3.05) is 31.9 Å². The highest BCUT2D eigenvalue weighted by atomic mass is 35.5. The number of hydrogen-bond acceptors (Lipinski definition) is 3. The van der Waals surface area contributed by atoms with Gasteiger partial charge in [0, 0.05) is 31.9 Å². The number of piperazine rings is 1. The molecule has 1 aliphatic rings. The first-order valence-corrected chi connectivity index (χ1v) is 8.72. The highest BCUT2D eigenvalue weighted by Crippen LogP contribution is 2.24. The average molecular weight is 362 g/mol. The van der Waals surface area contributed by atoms with Crippen LogP contribution >= 0.6 is 35.0 Å². The molecule has 2 N–H and O–H groups in total. The zero-order chi connectivity index (χ0) is 16.1. The second-order valence-corrected chi connectivity index (χ2v) is 6.75. The molecule has 0 saturated carbocycles. The minimum Gasteiger partial charge on any atom is -0.351 e. The molecule has 1 aromatic carbocycles. The van der Waals surface area contributed by atoms with Crippen molar-refractivity contribution < 1.29 is 9.59 Å². The van der Waals surface area contributed by atoms with Gasteiger partial charge in [0.2, 0.25) is 5.91 Å². The minimum atomic E-state index is -0.430. The highest BCUT2D eigenvalue weighted by Gasteiger charge is 2.22. The minimum absolute atomic E-state index is 0.0779. The van der Waals surface area contributed by atoms with E-state index < -0.39 is 6.03 Å². The summed E-state index contributed by atoms with van der Waals surface area (Å²) in [7, 11) is 0. The summed E-state index contributed by atoms with van der Waals surface area (Å²) >= 11 is 13.4. The fraction of sp³-hybridized carbons (Fsp3) is 0.429. The topological polar surface area (TPSA) is 66.6 Å². The van der Waals surface area contributed by atoms with Gasteiger partial charge in [-0.3, -0.25) is 4.79 Å². The Morgan fingerprint density at radius 2 is 1.73 bits per heavy atom. The van der Waals surface area contributed by atoms with Crippen LogP contribution in [0.25, 0.3) is 0 Å². The third-order valence-corrected chi connectivity index (χ3v) is 5.15. The Labute approximate surface area is 143 Å². The van der Waals surface area contributed by atoms with Gasteiger partial charge in [0.25, 0.3) is 0 Å². The number of halogens is 2. The summed E-state index contributed by atoms with van der Waals surface area (Å²) in [6.07, 6.45) is 0. The Morgan fingerprint density at radius 3 is 2.32 bits per heavy atom. The molecule has 3 amide bonds. The first kappa shape index (κ1) is 17.2. The van der Waals surface area contributed by atoms with E-state index in [9.17, 15) is 9.59 Å². The maximum absolute atomic E-state index is 12.1. The number of carbonyl (C=O) groups excluding carboxylic acids is 2. The zero-order valence-corrected chi connectivity index (χ0v) is 14.3. The molecule has 2 rings (SSSR count). The van der Waals surface area contributed by atoms with Crippen molar-refractivity contribution in [2.24, 2.45) is 5.73 Å². The van der Waals surface area contributed by atoms with Crippen LogP contribution in [0.3, 0.4) is 0 Å². The predicted octanol–water partition coefficient (Wildman–Crippen LogP) is 2.45. The zero-order valence-electron chi connectivity index (χ0n) is 11.9. The molecule has 0 bridgehead atoms. The van der Waals surface area contributed by atoms with Gasteiger partial charge in [-0.05, 0) is 17.7 Å². The van der Waals surface area contributed by atoms with Crippen molar-refractivity contribution >= 4 is 46.9 Å². The average Bonchev–Trinajstić information content (AvgIpc) is 2.51. The maximum Gasteiger partial charge on any atom is 0.314 e. The predicted molar refractivity (Wildman–Crippen MR) is 90.4 cm³/mol. The van der Waals surface area contributed by atoms with Crippen LogP contribution in [0.15, 0.2) is 18.2 Å². The van der Waals surface area contributed by atoms with Crippen LogP contribution in [-0.2, 0) is 10.5 Å². The van der Waals surface area contributed by atoms with Gasteiger partial charge in [-0.2, -0.15) is 0 Å². The molecule has 0 unspecified atom stereocenters. The molecule has 1 fully saturated rings. The van der Waals surface area contributed by atoms with Crippen molar-refractivity contribution in [3.8, 4) is 0 Å². The molecule has 8 heteroatoms. The Balaban J connectivity index is 1.74. The molecule has 5 nitrogen and oxygen atoms in total. The van der Waals surface area contributed by atoms with E-state index in [0.717, 1.165) is 5.56 Å². The van der Waals surface area contributed by atoms with Gasteiger partial charge in [0.15, 0.2) is 0 Å². The normalized spacial score (nSPS) is 15.0. The smallest absolute Gasteiger partial charge is 0.314 e. The second kappa shape index (κ2) is 7.94. The van der Waals surface area contributed by atoms with Gasteiger partial charge in [-0.25, -0.2) is 4.79 Å². The number of hydrogen-bond donors (Lipinski definition) is 1. The number of urea groups is 1. The van der Waals surface area contributed by atoms with Gasteiger partial charge in [0.05, 0.1) is 15.8 Å². The molecule has 0 atom stereocenters. The van der Waals surface area contributed by atoms with Gasteiger partial charge in [0.1, 0.15) is 0 Å². The molecular formula is C14H17Cl2N3O2S. The van der Waals surface area contributed by atoms with E-state index in [-0.39, 0.29) is 5.91 Å². The number of rotatable bonds is 4. The summed E-state index contributed by atoms with van der Waals surface area (Å²) in [4.78, 5) is 26.5. The largest absolute Gasteiger partial charge is 0.351 e. The summed E-state index contributed by atoms with van der Waals surface area (Å²) in [5.74, 6) is 1.18. The lowest BCUT2D eigenvalue weighted by atomic mass is 10.2. The van der Waals surface area contributed by atoms with Gasteiger partial charge in [-0.1, -0.05) is 29.3 Å². The number of amides is 3. The lowest BCUT2D eigenvalue weighted by Crippen LogP contribution is -2.52. The Morgan fingerprint density at radius 1 is 1.09 bits per heavy atom. The van der Waals surface area contributed by atoms with Gasteiger partial charge >= 0.3 is 6.03 Å². The quantitative estimate of drug-likeness (QED) is 0.895. The molecule has 120 valence electrons. The van der Waals surface area contributed by atoms with Crippen molar-refractivity contribution in [3.05, 3.63) is 33.8 Å². The number of benzene rings is 1. The highest BCUT2D eigenvalue weighted by molar-refractivity contribution is 7.99. The molecule has 1 heterocycles. The summed E-state index contributed by atoms with van der Waals surface area (Å²) in [5, 5.41) is 1.05. The Bertz CT molecular complexity index is 563. The first-order valence-electron chi connectivity index (χ1n) is 6.81. The molecule has 1 aliphatic heterocycles. The Kier molecular flexibility index (Phi) is 6.23. The van der Waals surface area contributed by atoms with Gasteiger partial charge in [-0.15, -0.1) is 11.8 Å². The van der Waals surface area contributed by atoms with Crippen LogP contribution in [0.4, 0.5) is 4.79 Å². The van der Waals surface area contributed by atoms with Crippen molar-refractivity contribution in [3.63, 3.8) is 0 Å². The van der Waals surface area contributed by atoms with E-state index in [2.05, 4.69) is 0 Å². The van der Waals surface area contributed by atoms with E-state index in [1.54, 1.807) is 15.9 Å². The van der Waals surface area contributed by atoms with E-state index in [0.29, 0.717) is 47.7 Å². The third kappa shape index (κ3) is 4.69. The number of primary amides is 1. The first-order chi connectivity index (χ1) is 10.5. The number of thioether (sulfide) groups is 1. The fourth-order valence-electron chi connectivity index (χ4n) is 2.15. The summed E-state index contributed by atoms with van der Waals surface area (Å²) in [6.45, 7) is 2.07. The molecule has 0 radical (unpaired) electrons. The molecule has 0 spiro atoms. The van der Waals surface area contributed by atoms with Crippen LogP contribution in [0.5, 0.6) is 0 Å². The number of carbonyl (C=O) groups is 2. The third-order valence-electron chi connectivity index (χ3n) is 3.42. The molecule has 1 aromatic rings. The van der Waals surface area contributed by atoms with E-state index in [4.69, 9.17) is 28.9 Å². The van der Waals surface area contributed by atoms with Crippen molar-refractivity contribution in [1.82, 2.24) is 9.80 Å². The van der Waals surface area contributed by atoms with Crippen LogP contribution in [-0.4, -0.2) is 53.7 Å². The lowest BCUT2D eigenvalue weighted by Gasteiger charge is -2.33. The number of nitrogens with two attached hydrogens (primary N) is 1. The van der Waals surface area contributed by atoms with E-state index >= 15 is 0 Å². The number of nitrogens with zero attached hydrogens (tertiary/aromatic N) is 2. The second-order valence-electron chi connectivity index (χ2n) is 4.95. The molecule has 22 heavy (non-hydrogen) atoms. The van der Waals surface area contributed by atoms with Crippen LogP contribution in [0.2, 0.25) is 10.0 Å². The molecule has 0 aromatic heterocycles. The monoisotopic (exact) mass is 361 g/mol.